The number of nitrogens with zero attached hydrogens (tertiary/aromatic N) is 1. The third-order valence-corrected chi connectivity index (χ3v) is 2.13. The van der Waals surface area contributed by atoms with E-state index in [0.717, 1.165) is 0 Å². The van der Waals surface area contributed by atoms with Crippen molar-refractivity contribution in [2.75, 3.05) is 5.73 Å². The van der Waals surface area contributed by atoms with Gasteiger partial charge in [-0.2, -0.15) is 0 Å². The van der Waals surface area contributed by atoms with Gasteiger partial charge in [-0.15, -0.1) is 0 Å². The molecule has 5 heteroatoms. The molecule has 0 radical (unpaired) electrons. The molecule has 1 heterocycles. The van der Waals surface area contributed by atoms with Gasteiger partial charge in [0.1, 0.15) is 17.5 Å². The van der Waals surface area contributed by atoms with E-state index >= 15 is 0 Å². The predicted octanol–water partition coefficient (Wildman–Crippen LogP) is 2.75. The monoisotopic (exact) mass is 224 g/mol. The maximum absolute atomic E-state index is 13.4. The summed E-state index contributed by atoms with van der Waals surface area (Å²) < 4.78 is 39.5. The van der Waals surface area contributed by atoms with E-state index in [1.807, 2.05) is 0 Å². The van der Waals surface area contributed by atoms with Gasteiger partial charge in [0, 0.05) is 35.8 Å². The molecule has 0 saturated heterocycles. The minimum absolute atomic E-state index is 0.109. The van der Waals surface area contributed by atoms with E-state index in [0.29, 0.717) is 12.1 Å². The molecule has 0 unspecified atom stereocenters. The second-order valence-corrected chi connectivity index (χ2v) is 3.21. The van der Waals surface area contributed by atoms with Crippen LogP contribution >= 0.6 is 0 Å². The number of pyridine rings is 1. The summed E-state index contributed by atoms with van der Waals surface area (Å²) in [6.45, 7) is 0. The summed E-state index contributed by atoms with van der Waals surface area (Å²) in [6, 6.07) is 2.62. The molecule has 1 aromatic carbocycles. The van der Waals surface area contributed by atoms with Crippen molar-refractivity contribution >= 4 is 5.69 Å². The number of rotatable bonds is 1. The Balaban J connectivity index is 2.70. The normalized spacial score (nSPS) is 10.4. The van der Waals surface area contributed by atoms with Crippen molar-refractivity contribution < 1.29 is 13.2 Å². The Kier molecular flexibility index (Phi) is 2.52. The summed E-state index contributed by atoms with van der Waals surface area (Å²) in [5.74, 6) is -2.98. The first-order chi connectivity index (χ1) is 7.59. The second-order valence-electron chi connectivity index (χ2n) is 3.21. The van der Waals surface area contributed by atoms with E-state index in [4.69, 9.17) is 5.73 Å². The van der Waals surface area contributed by atoms with Crippen LogP contribution in [0.1, 0.15) is 0 Å². The Morgan fingerprint density at radius 3 is 2.25 bits per heavy atom. The molecule has 0 fully saturated rings. The third-order valence-electron chi connectivity index (χ3n) is 2.13. The van der Waals surface area contributed by atoms with E-state index in [1.165, 1.54) is 18.5 Å². The summed E-state index contributed by atoms with van der Waals surface area (Å²) in [4.78, 5) is 3.72. The van der Waals surface area contributed by atoms with Crippen LogP contribution < -0.4 is 5.73 Å². The van der Waals surface area contributed by atoms with Crippen molar-refractivity contribution in [3.8, 4) is 11.1 Å². The summed E-state index contributed by atoms with van der Waals surface area (Å²) in [5, 5.41) is 0. The highest BCUT2D eigenvalue weighted by molar-refractivity contribution is 5.75. The fourth-order valence-corrected chi connectivity index (χ4v) is 1.41. The van der Waals surface area contributed by atoms with E-state index < -0.39 is 17.5 Å². The topological polar surface area (TPSA) is 38.9 Å². The van der Waals surface area contributed by atoms with Gasteiger partial charge in [0.25, 0.3) is 0 Å². The van der Waals surface area contributed by atoms with Gasteiger partial charge in [-0.05, 0) is 6.07 Å². The minimum atomic E-state index is -1.00. The van der Waals surface area contributed by atoms with Gasteiger partial charge < -0.3 is 5.73 Å². The maximum Gasteiger partial charge on any atom is 0.137 e. The standard InChI is InChI=1S/C11H7F3N2/c12-6-3-8(13)11(9(14)4-6)7-5-16-2-1-10(7)15/h1-5H,(H2,15,16). The number of hydrogen-bond acceptors (Lipinski definition) is 2. The van der Waals surface area contributed by atoms with Crippen LogP contribution in [-0.2, 0) is 0 Å². The molecular formula is C11H7F3N2. The molecule has 0 bridgehead atoms. The maximum atomic E-state index is 13.4. The summed E-state index contributed by atoms with van der Waals surface area (Å²) in [5.41, 5.74) is 5.48. The van der Waals surface area contributed by atoms with E-state index in [-0.39, 0.29) is 16.8 Å². The average molecular weight is 224 g/mol. The van der Waals surface area contributed by atoms with Crippen molar-refractivity contribution in [3.63, 3.8) is 0 Å². The number of hydrogen-bond donors (Lipinski definition) is 1. The van der Waals surface area contributed by atoms with Gasteiger partial charge in [0.15, 0.2) is 0 Å². The number of benzene rings is 1. The summed E-state index contributed by atoms with van der Waals surface area (Å²) >= 11 is 0. The van der Waals surface area contributed by atoms with Crippen molar-refractivity contribution in [1.82, 2.24) is 4.98 Å². The van der Waals surface area contributed by atoms with Gasteiger partial charge >= 0.3 is 0 Å². The molecule has 0 aliphatic rings. The molecule has 2 N–H and O–H groups in total. The van der Waals surface area contributed by atoms with Crippen LogP contribution in [0.5, 0.6) is 0 Å². The molecule has 2 aromatic rings. The molecule has 2 nitrogen and oxygen atoms in total. The first kappa shape index (κ1) is 10.5. The highest BCUT2D eigenvalue weighted by atomic mass is 19.1. The molecule has 16 heavy (non-hydrogen) atoms. The fraction of sp³-hybridized carbons (Fsp3) is 0. The van der Waals surface area contributed by atoms with E-state index in [2.05, 4.69) is 4.98 Å². The molecule has 0 saturated carbocycles. The lowest BCUT2D eigenvalue weighted by Crippen LogP contribution is -1.97. The van der Waals surface area contributed by atoms with Gasteiger partial charge in [0.05, 0.1) is 5.56 Å². The zero-order valence-electron chi connectivity index (χ0n) is 8.05. The van der Waals surface area contributed by atoms with Gasteiger partial charge in [-0.25, -0.2) is 13.2 Å². The highest BCUT2D eigenvalue weighted by Crippen LogP contribution is 2.30. The number of anilines is 1. The van der Waals surface area contributed by atoms with Crippen LogP contribution in [0.15, 0.2) is 30.6 Å². The number of nitrogens with two attached hydrogens (primary N) is 1. The molecule has 0 atom stereocenters. The van der Waals surface area contributed by atoms with Gasteiger partial charge in [0.2, 0.25) is 0 Å². The van der Waals surface area contributed by atoms with Crippen molar-refractivity contribution in [1.29, 1.82) is 0 Å². The van der Waals surface area contributed by atoms with Crippen LogP contribution in [0.25, 0.3) is 11.1 Å². The Hall–Kier alpha value is -2.04. The lowest BCUT2D eigenvalue weighted by Gasteiger charge is -2.07. The first-order valence-corrected chi connectivity index (χ1v) is 4.44. The predicted molar refractivity (Wildman–Crippen MR) is 54.0 cm³/mol. The van der Waals surface area contributed by atoms with Crippen molar-refractivity contribution in [2.45, 2.75) is 0 Å². The summed E-state index contributed by atoms with van der Waals surface area (Å²) in [7, 11) is 0. The first-order valence-electron chi connectivity index (χ1n) is 4.44. The Bertz CT molecular complexity index is 517. The Morgan fingerprint density at radius 1 is 1.06 bits per heavy atom. The molecule has 1 aromatic heterocycles. The number of halogens is 3. The van der Waals surface area contributed by atoms with E-state index in [1.54, 1.807) is 0 Å². The fourth-order valence-electron chi connectivity index (χ4n) is 1.41. The van der Waals surface area contributed by atoms with Crippen molar-refractivity contribution in [2.24, 2.45) is 0 Å². The van der Waals surface area contributed by atoms with Crippen LogP contribution in [0.2, 0.25) is 0 Å². The van der Waals surface area contributed by atoms with Crippen LogP contribution in [0, 0.1) is 17.5 Å². The smallest absolute Gasteiger partial charge is 0.137 e. The summed E-state index contributed by atoms with van der Waals surface area (Å²) in [6.07, 6.45) is 2.63. The molecule has 82 valence electrons. The zero-order valence-corrected chi connectivity index (χ0v) is 8.05. The highest BCUT2D eigenvalue weighted by Gasteiger charge is 2.15. The van der Waals surface area contributed by atoms with Gasteiger partial charge in [-0.3, -0.25) is 4.98 Å². The number of aromatic nitrogens is 1. The minimum Gasteiger partial charge on any atom is -0.398 e. The Labute approximate surface area is 89.5 Å². The SMILES string of the molecule is Nc1ccncc1-c1c(F)cc(F)cc1F. The molecule has 0 amide bonds. The average Bonchev–Trinajstić information content (AvgIpc) is 2.19. The molecule has 0 aliphatic heterocycles. The van der Waals surface area contributed by atoms with Crippen LogP contribution in [0.3, 0.4) is 0 Å². The van der Waals surface area contributed by atoms with Crippen LogP contribution in [-0.4, -0.2) is 4.98 Å². The van der Waals surface area contributed by atoms with Crippen LogP contribution in [0.4, 0.5) is 18.9 Å². The molecular weight excluding hydrogens is 217 g/mol. The quantitative estimate of drug-likeness (QED) is 0.808. The lowest BCUT2D eigenvalue weighted by atomic mass is 10.0. The third kappa shape index (κ3) is 1.71. The van der Waals surface area contributed by atoms with Gasteiger partial charge in [-0.1, -0.05) is 0 Å². The second kappa shape index (κ2) is 3.84. The lowest BCUT2D eigenvalue weighted by molar-refractivity contribution is 0.548. The molecule has 0 aliphatic carbocycles. The molecule has 2 rings (SSSR count). The zero-order chi connectivity index (χ0) is 11.7. The van der Waals surface area contributed by atoms with E-state index in [9.17, 15) is 13.2 Å². The van der Waals surface area contributed by atoms with Crippen molar-refractivity contribution in [3.05, 3.63) is 48.0 Å². The number of nitrogen functional groups attached to an aromatic ring is 1. The molecule has 0 spiro atoms. The Morgan fingerprint density at radius 2 is 1.69 bits per heavy atom. The largest absolute Gasteiger partial charge is 0.398 e.